The zero-order valence-electron chi connectivity index (χ0n) is 17.8. The van der Waals surface area contributed by atoms with Crippen LogP contribution in [0.15, 0.2) is 30.3 Å². The lowest BCUT2D eigenvalue weighted by molar-refractivity contribution is 0.0770. The van der Waals surface area contributed by atoms with Crippen molar-refractivity contribution in [1.82, 2.24) is 19.6 Å². The third-order valence-electron chi connectivity index (χ3n) is 5.69. The van der Waals surface area contributed by atoms with Gasteiger partial charge in [0.1, 0.15) is 11.4 Å². The Morgan fingerprint density at radius 1 is 1.25 bits per heavy atom. The third-order valence-corrected chi connectivity index (χ3v) is 5.69. The maximum atomic E-state index is 13.3. The van der Waals surface area contributed by atoms with Crippen LogP contribution in [-0.4, -0.2) is 65.8 Å². The molecule has 0 N–H and O–H groups in total. The summed E-state index contributed by atoms with van der Waals surface area (Å²) < 4.78 is 7.12. The molecule has 1 fully saturated rings. The molecule has 0 radical (unpaired) electrons. The predicted molar refractivity (Wildman–Crippen MR) is 111 cm³/mol. The molecule has 2 aromatic rings. The number of benzene rings is 1. The Hall–Kier alpha value is -2.34. The van der Waals surface area contributed by atoms with Gasteiger partial charge in [-0.15, -0.1) is 0 Å². The minimum absolute atomic E-state index is 0.0733. The van der Waals surface area contributed by atoms with E-state index in [4.69, 9.17) is 4.74 Å². The highest BCUT2D eigenvalue weighted by molar-refractivity contribution is 5.93. The zero-order chi connectivity index (χ0) is 20.4. The lowest BCUT2D eigenvalue weighted by atomic mass is 9.93. The van der Waals surface area contributed by atoms with E-state index in [0.717, 1.165) is 11.4 Å². The van der Waals surface area contributed by atoms with Gasteiger partial charge >= 0.3 is 0 Å². The maximum absolute atomic E-state index is 13.3. The van der Waals surface area contributed by atoms with Crippen LogP contribution in [0.25, 0.3) is 0 Å². The van der Waals surface area contributed by atoms with Crippen LogP contribution in [0.1, 0.15) is 54.4 Å². The summed E-state index contributed by atoms with van der Waals surface area (Å²) in [6.07, 6.45) is 0. The lowest BCUT2D eigenvalue weighted by Crippen LogP contribution is -2.36. The predicted octanol–water partition coefficient (Wildman–Crippen LogP) is 3.20. The number of amides is 1. The van der Waals surface area contributed by atoms with E-state index >= 15 is 0 Å². The smallest absolute Gasteiger partial charge is 0.272 e. The molecule has 0 bridgehead atoms. The number of carbonyl (C=O) groups is 1. The van der Waals surface area contributed by atoms with Gasteiger partial charge < -0.3 is 14.5 Å². The van der Waals surface area contributed by atoms with Crippen LogP contribution in [0, 0.1) is 0 Å². The van der Waals surface area contributed by atoms with Crippen molar-refractivity contribution in [3.8, 4) is 5.75 Å². The molecule has 6 nitrogen and oxygen atoms in total. The van der Waals surface area contributed by atoms with Crippen molar-refractivity contribution in [2.24, 2.45) is 0 Å². The number of likely N-dealkylation sites (N-methyl/N-ethyl adjacent to an activating group) is 1. The van der Waals surface area contributed by atoms with Gasteiger partial charge in [-0.2, -0.15) is 5.10 Å². The molecule has 3 rings (SSSR count). The van der Waals surface area contributed by atoms with Gasteiger partial charge in [0.05, 0.1) is 12.8 Å². The summed E-state index contributed by atoms with van der Waals surface area (Å²) in [7, 11) is 5.85. The van der Waals surface area contributed by atoms with Crippen LogP contribution < -0.4 is 4.74 Å². The van der Waals surface area contributed by atoms with Gasteiger partial charge in [-0.3, -0.25) is 9.48 Å². The second-order valence-electron chi connectivity index (χ2n) is 8.05. The van der Waals surface area contributed by atoms with E-state index in [9.17, 15) is 4.79 Å². The van der Waals surface area contributed by atoms with Crippen LogP contribution in [0.5, 0.6) is 5.75 Å². The molecule has 6 heteroatoms. The fourth-order valence-corrected chi connectivity index (χ4v) is 3.95. The van der Waals surface area contributed by atoms with Gasteiger partial charge in [0.15, 0.2) is 0 Å². The number of hydrogen-bond acceptors (Lipinski definition) is 4. The molecule has 1 aliphatic rings. The lowest BCUT2D eigenvalue weighted by Gasteiger charge is -2.25. The van der Waals surface area contributed by atoms with Crippen LogP contribution in [0.3, 0.4) is 0 Å². The van der Waals surface area contributed by atoms with Crippen molar-refractivity contribution in [2.75, 3.05) is 34.3 Å². The molecule has 1 aliphatic heterocycles. The van der Waals surface area contributed by atoms with E-state index in [1.807, 2.05) is 34.7 Å². The van der Waals surface area contributed by atoms with Crippen LogP contribution in [-0.2, 0) is 6.54 Å². The van der Waals surface area contributed by atoms with Gasteiger partial charge in [0, 0.05) is 31.6 Å². The number of rotatable bonds is 6. The normalized spacial score (nSPS) is 19.6. The van der Waals surface area contributed by atoms with Crippen molar-refractivity contribution >= 4 is 5.91 Å². The first-order valence-electron chi connectivity index (χ1n) is 10.0. The van der Waals surface area contributed by atoms with Crippen molar-refractivity contribution < 1.29 is 9.53 Å². The second kappa shape index (κ2) is 8.35. The summed E-state index contributed by atoms with van der Waals surface area (Å²) in [4.78, 5) is 17.5. The molecule has 28 heavy (non-hydrogen) atoms. The molecule has 2 atom stereocenters. The number of hydrogen-bond donors (Lipinski definition) is 0. The fourth-order valence-electron chi connectivity index (χ4n) is 3.95. The highest BCUT2D eigenvalue weighted by atomic mass is 16.5. The van der Waals surface area contributed by atoms with E-state index in [2.05, 4.69) is 50.1 Å². The summed E-state index contributed by atoms with van der Waals surface area (Å²) >= 11 is 0. The molecule has 0 saturated carbocycles. The van der Waals surface area contributed by atoms with E-state index in [1.165, 1.54) is 5.56 Å². The average Bonchev–Trinajstić information content (AvgIpc) is 3.32. The van der Waals surface area contributed by atoms with Crippen molar-refractivity contribution in [2.45, 2.75) is 45.2 Å². The SMILES string of the molecule is CCn1nc(C(C)C)cc1C(=O)N1C[C@@H](N(C)C)[C@H](c2ccc(OC)cc2)C1. The first-order chi connectivity index (χ1) is 13.3. The zero-order valence-corrected chi connectivity index (χ0v) is 17.8. The third kappa shape index (κ3) is 3.92. The van der Waals surface area contributed by atoms with E-state index < -0.39 is 0 Å². The number of methoxy groups -OCH3 is 1. The van der Waals surface area contributed by atoms with Crippen molar-refractivity contribution in [1.29, 1.82) is 0 Å². The number of aryl methyl sites for hydroxylation is 1. The summed E-state index contributed by atoms with van der Waals surface area (Å²) in [5.41, 5.74) is 2.90. The van der Waals surface area contributed by atoms with Crippen LogP contribution >= 0.6 is 0 Å². The number of aromatic nitrogens is 2. The van der Waals surface area contributed by atoms with E-state index in [1.54, 1.807) is 7.11 Å². The topological polar surface area (TPSA) is 50.6 Å². The molecule has 2 heterocycles. The molecule has 152 valence electrons. The number of likely N-dealkylation sites (tertiary alicyclic amines) is 1. The largest absolute Gasteiger partial charge is 0.497 e. The molecule has 1 saturated heterocycles. The Kier molecular flexibility index (Phi) is 6.08. The van der Waals surface area contributed by atoms with Crippen molar-refractivity contribution in [3.63, 3.8) is 0 Å². The minimum atomic E-state index is 0.0733. The van der Waals surface area contributed by atoms with Gasteiger partial charge in [-0.1, -0.05) is 26.0 Å². The molecule has 1 amide bonds. The molecule has 0 unspecified atom stereocenters. The highest BCUT2D eigenvalue weighted by Gasteiger charge is 2.38. The highest BCUT2D eigenvalue weighted by Crippen LogP contribution is 2.32. The Morgan fingerprint density at radius 3 is 2.46 bits per heavy atom. The summed E-state index contributed by atoms with van der Waals surface area (Å²) in [6, 6.07) is 10.4. The Labute approximate surface area is 168 Å². The molecule has 1 aromatic heterocycles. The molecule has 0 aliphatic carbocycles. The maximum Gasteiger partial charge on any atom is 0.272 e. The number of ether oxygens (including phenoxy) is 1. The summed E-state index contributed by atoms with van der Waals surface area (Å²) in [5, 5.41) is 4.62. The van der Waals surface area contributed by atoms with Crippen LogP contribution in [0.2, 0.25) is 0 Å². The first-order valence-corrected chi connectivity index (χ1v) is 10.0. The average molecular weight is 385 g/mol. The molecular weight excluding hydrogens is 352 g/mol. The summed E-state index contributed by atoms with van der Waals surface area (Å²) in [5.74, 6) is 1.50. The first kappa shape index (κ1) is 20.4. The van der Waals surface area contributed by atoms with E-state index in [-0.39, 0.29) is 17.9 Å². The minimum Gasteiger partial charge on any atom is -0.497 e. The van der Waals surface area contributed by atoms with Gasteiger partial charge in [-0.05, 0) is 50.7 Å². The summed E-state index contributed by atoms with van der Waals surface area (Å²) in [6.45, 7) is 8.36. The Morgan fingerprint density at radius 2 is 1.93 bits per heavy atom. The monoisotopic (exact) mass is 384 g/mol. The second-order valence-corrected chi connectivity index (χ2v) is 8.05. The van der Waals surface area contributed by atoms with Crippen LogP contribution in [0.4, 0.5) is 0 Å². The molecular formula is C22H32N4O2. The molecule has 1 aromatic carbocycles. The van der Waals surface area contributed by atoms with Gasteiger partial charge in [-0.25, -0.2) is 0 Å². The van der Waals surface area contributed by atoms with Gasteiger partial charge in [0.25, 0.3) is 5.91 Å². The van der Waals surface area contributed by atoms with Gasteiger partial charge in [0.2, 0.25) is 0 Å². The Bertz CT molecular complexity index is 810. The fraction of sp³-hybridized carbons (Fsp3) is 0.545. The standard InChI is InChI=1S/C22H32N4O2/c1-7-26-20(12-19(23-26)15(2)3)22(27)25-13-18(21(14-25)24(4)5)16-8-10-17(28-6)11-9-16/h8-12,15,18,21H,7,13-14H2,1-6H3/t18-,21+/m0/s1. The number of nitrogens with zero attached hydrogens (tertiary/aromatic N) is 4. The molecule has 0 spiro atoms. The number of carbonyl (C=O) groups excluding carboxylic acids is 1. The van der Waals surface area contributed by atoms with Crippen molar-refractivity contribution in [3.05, 3.63) is 47.3 Å². The van der Waals surface area contributed by atoms with E-state index in [0.29, 0.717) is 31.2 Å². The quantitative estimate of drug-likeness (QED) is 0.767. The Balaban J connectivity index is 1.86.